The van der Waals surface area contributed by atoms with Crippen LogP contribution in [0, 0.1) is 3.57 Å². The Morgan fingerprint density at radius 1 is 1.35 bits per heavy atom. The normalized spacial score (nSPS) is 11.8. The van der Waals surface area contributed by atoms with Crippen LogP contribution in [0.5, 0.6) is 0 Å². The first-order chi connectivity index (χ1) is 10.5. The summed E-state index contributed by atoms with van der Waals surface area (Å²) in [6.07, 6.45) is -0.454. The van der Waals surface area contributed by atoms with E-state index >= 15 is 0 Å². The topological polar surface area (TPSA) is 113 Å². The third-order valence-electron chi connectivity index (χ3n) is 2.47. The summed E-state index contributed by atoms with van der Waals surface area (Å²) in [4.78, 5) is 22.9. The molecule has 1 rings (SSSR count). The van der Waals surface area contributed by atoms with Gasteiger partial charge in [-0.3, -0.25) is 9.59 Å². The van der Waals surface area contributed by atoms with Crippen LogP contribution < -0.4 is 5.32 Å². The molecular weight excluding hydrogens is 451 g/mol. The Morgan fingerprint density at radius 2 is 2.00 bits per heavy atom. The number of rotatable bonds is 7. The molecule has 0 unspecified atom stereocenters. The Labute approximate surface area is 144 Å². The Morgan fingerprint density at radius 3 is 2.57 bits per heavy atom. The molecule has 0 aliphatic rings. The van der Waals surface area contributed by atoms with Crippen LogP contribution in [0.3, 0.4) is 0 Å². The van der Waals surface area contributed by atoms with Crippen LogP contribution in [0.15, 0.2) is 24.3 Å². The van der Waals surface area contributed by atoms with Crippen molar-refractivity contribution in [3.05, 3.63) is 33.4 Å². The first-order valence-corrected chi connectivity index (χ1v) is 8.54. The molecule has 0 spiro atoms. The lowest BCUT2D eigenvalue weighted by Gasteiger charge is -2.19. The number of ether oxygens (including phenoxy) is 1. The van der Waals surface area contributed by atoms with Crippen molar-refractivity contribution in [2.75, 3.05) is 13.2 Å². The summed E-state index contributed by atoms with van der Waals surface area (Å²) in [7, 11) is -5.90. The number of nitrogens with one attached hydrogen (secondary N) is 1. The maximum absolute atomic E-state index is 12.8. The van der Waals surface area contributed by atoms with Crippen LogP contribution in [0.4, 0.5) is 8.78 Å². The van der Waals surface area contributed by atoms with Crippen LogP contribution in [0.2, 0.25) is 0 Å². The van der Waals surface area contributed by atoms with Gasteiger partial charge < -0.3 is 14.6 Å². The van der Waals surface area contributed by atoms with Gasteiger partial charge in [0.05, 0.1) is 6.42 Å². The second kappa shape index (κ2) is 7.97. The zero-order chi connectivity index (χ0) is 17.7. The molecule has 0 heterocycles. The van der Waals surface area contributed by atoms with Gasteiger partial charge in [-0.05, 0) is 40.8 Å². The fraction of sp³-hybridized carbons (Fsp3) is 0.333. The van der Waals surface area contributed by atoms with E-state index in [9.17, 15) is 31.3 Å². The molecule has 1 amide bonds. The standard InChI is InChI=1S/C12H12F2INO6S/c13-12(14,23(19,20)21)7-22-10(17)4-5-16-11(18)8-2-1-3-9(15)6-8/h1-3,6H,4-5,7H2,(H,16,18)(H,19,20,21)/p-1. The largest absolute Gasteiger partial charge is 0.743 e. The third-order valence-corrected chi connectivity index (χ3v) is 3.99. The number of benzene rings is 1. The van der Waals surface area contributed by atoms with E-state index in [4.69, 9.17) is 0 Å². The fourth-order valence-electron chi connectivity index (χ4n) is 1.32. The molecule has 1 aromatic rings. The molecule has 1 N–H and O–H groups in total. The highest BCUT2D eigenvalue weighted by molar-refractivity contribution is 14.1. The van der Waals surface area contributed by atoms with E-state index in [0.717, 1.165) is 3.57 Å². The molecule has 0 aliphatic heterocycles. The van der Waals surface area contributed by atoms with Crippen LogP contribution in [-0.4, -0.2) is 43.3 Å². The number of halogens is 3. The number of carbonyl (C=O) groups excluding carboxylic acids is 2. The van der Waals surface area contributed by atoms with Crippen LogP contribution in [-0.2, 0) is 19.6 Å². The highest BCUT2D eigenvalue weighted by atomic mass is 127. The van der Waals surface area contributed by atoms with Gasteiger partial charge in [0, 0.05) is 15.7 Å². The van der Waals surface area contributed by atoms with Crippen molar-refractivity contribution in [1.29, 1.82) is 0 Å². The minimum Gasteiger partial charge on any atom is -0.743 e. The second-order valence-electron chi connectivity index (χ2n) is 4.27. The first-order valence-electron chi connectivity index (χ1n) is 6.05. The zero-order valence-corrected chi connectivity index (χ0v) is 14.4. The van der Waals surface area contributed by atoms with Gasteiger partial charge in [-0.15, -0.1) is 0 Å². The molecule has 23 heavy (non-hydrogen) atoms. The highest BCUT2D eigenvalue weighted by Gasteiger charge is 2.39. The van der Waals surface area contributed by atoms with E-state index in [0.29, 0.717) is 5.56 Å². The van der Waals surface area contributed by atoms with Gasteiger partial charge in [0.25, 0.3) is 5.91 Å². The monoisotopic (exact) mass is 462 g/mol. The van der Waals surface area contributed by atoms with E-state index in [1.54, 1.807) is 24.3 Å². The summed E-state index contributed by atoms with van der Waals surface area (Å²) >= 11 is 2.01. The predicted octanol–water partition coefficient (Wildman–Crippen LogP) is 1.09. The SMILES string of the molecule is O=C(CCNC(=O)c1cccc(I)c1)OCC(F)(F)S(=O)(=O)[O-]. The Balaban J connectivity index is 2.39. The first kappa shape index (κ1) is 19.7. The van der Waals surface area contributed by atoms with Crippen LogP contribution in [0.25, 0.3) is 0 Å². The predicted molar refractivity (Wildman–Crippen MR) is 81.7 cm³/mol. The number of hydrogen-bond donors (Lipinski definition) is 1. The summed E-state index contributed by atoms with van der Waals surface area (Å²) in [6.45, 7) is -2.05. The molecule has 0 bridgehead atoms. The van der Waals surface area contributed by atoms with Gasteiger partial charge in [-0.25, -0.2) is 8.42 Å². The van der Waals surface area contributed by atoms with Gasteiger partial charge >= 0.3 is 11.2 Å². The molecule has 0 saturated heterocycles. The zero-order valence-electron chi connectivity index (χ0n) is 11.4. The molecule has 7 nitrogen and oxygen atoms in total. The Hall–Kier alpha value is -1.34. The van der Waals surface area contributed by atoms with Crippen molar-refractivity contribution in [2.45, 2.75) is 11.7 Å². The van der Waals surface area contributed by atoms with Crippen molar-refractivity contribution in [2.24, 2.45) is 0 Å². The van der Waals surface area contributed by atoms with Crippen LogP contribution >= 0.6 is 22.6 Å². The summed E-state index contributed by atoms with van der Waals surface area (Å²) in [6, 6.07) is 6.60. The maximum atomic E-state index is 12.8. The molecule has 0 saturated carbocycles. The summed E-state index contributed by atoms with van der Waals surface area (Å²) in [5.41, 5.74) is 0.356. The Bertz CT molecular complexity index is 695. The molecule has 1 aromatic carbocycles. The van der Waals surface area contributed by atoms with Crippen molar-refractivity contribution < 1.29 is 36.1 Å². The van der Waals surface area contributed by atoms with E-state index in [-0.39, 0.29) is 6.54 Å². The fourth-order valence-corrected chi connectivity index (χ4v) is 2.07. The molecule has 128 valence electrons. The number of alkyl halides is 2. The molecule has 0 aliphatic carbocycles. The van der Waals surface area contributed by atoms with Gasteiger partial charge in [-0.1, -0.05) is 6.07 Å². The minimum atomic E-state index is -5.90. The van der Waals surface area contributed by atoms with Crippen molar-refractivity contribution >= 4 is 44.6 Å². The molecule has 0 aromatic heterocycles. The van der Waals surface area contributed by atoms with Gasteiger partial charge in [0.15, 0.2) is 16.7 Å². The molecular formula is C12H11F2INO6S-. The molecule has 11 heteroatoms. The van der Waals surface area contributed by atoms with Crippen molar-refractivity contribution in [1.82, 2.24) is 5.32 Å². The lowest BCUT2D eigenvalue weighted by atomic mass is 10.2. The van der Waals surface area contributed by atoms with E-state index in [1.807, 2.05) is 22.6 Å². The average molecular weight is 462 g/mol. The van der Waals surface area contributed by atoms with Gasteiger partial charge in [-0.2, -0.15) is 8.78 Å². The summed E-state index contributed by atoms with van der Waals surface area (Å²) in [5.74, 6) is -1.64. The van der Waals surface area contributed by atoms with Crippen molar-refractivity contribution in [3.8, 4) is 0 Å². The molecule has 0 fully saturated rings. The quantitative estimate of drug-likeness (QED) is 0.369. The number of hydrogen-bond acceptors (Lipinski definition) is 6. The summed E-state index contributed by atoms with van der Waals surface area (Å²) in [5, 5.41) is -2.31. The smallest absolute Gasteiger partial charge is 0.367 e. The van der Waals surface area contributed by atoms with Gasteiger partial charge in [0.2, 0.25) is 0 Å². The Kier molecular flexibility index (Phi) is 6.83. The molecule has 0 atom stereocenters. The van der Waals surface area contributed by atoms with E-state index in [2.05, 4.69) is 10.1 Å². The lowest BCUT2D eigenvalue weighted by molar-refractivity contribution is -0.149. The third kappa shape index (κ3) is 6.35. The lowest BCUT2D eigenvalue weighted by Crippen LogP contribution is -2.35. The summed E-state index contributed by atoms with van der Waals surface area (Å²) < 4.78 is 60.9. The number of carbonyl (C=O) groups is 2. The van der Waals surface area contributed by atoms with Crippen molar-refractivity contribution in [3.63, 3.8) is 0 Å². The van der Waals surface area contributed by atoms with E-state index in [1.165, 1.54) is 0 Å². The molecule has 0 radical (unpaired) electrons. The highest BCUT2D eigenvalue weighted by Crippen LogP contribution is 2.20. The van der Waals surface area contributed by atoms with Crippen LogP contribution in [0.1, 0.15) is 16.8 Å². The average Bonchev–Trinajstić information content (AvgIpc) is 2.44. The van der Waals surface area contributed by atoms with E-state index < -0.39 is 40.3 Å². The second-order valence-corrected chi connectivity index (χ2v) is 7.02. The minimum absolute atomic E-state index is 0.196. The number of amides is 1. The number of esters is 1. The maximum Gasteiger partial charge on any atom is 0.367 e. The van der Waals surface area contributed by atoms with Gasteiger partial charge in [0.1, 0.15) is 0 Å².